The van der Waals surface area contributed by atoms with Crippen molar-refractivity contribution in [2.24, 2.45) is 0 Å². The van der Waals surface area contributed by atoms with Crippen LogP contribution in [0.2, 0.25) is 0 Å². The molecular weight excluding hydrogens is 300 g/mol. The van der Waals surface area contributed by atoms with Gasteiger partial charge in [-0.15, -0.1) is 0 Å². The minimum absolute atomic E-state index is 0.169. The first-order valence-corrected chi connectivity index (χ1v) is 6.52. The van der Waals surface area contributed by atoms with Crippen LogP contribution < -0.4 is 5.32 Å². The predicted molar refractivity (Wildman–Crippen MR) is 85.5 cm³/mol. The highest BCUT2D eigenvalue weighted by Gasteiger charge is 2.09. The topological polar surface area (TPSA) is 110 Å². The van der Waals surface area contributed by atoms with Gasteiger partial charge in [0.2, 0.25) is 0 Å². The number of rotatable bonds is 5. The van der Waals surface area contributed by atoms with Crippen molar-refractivity contribution in [2.45, 2.75) is 0 Å². The van der Waals surface area contributed by atoms with E-state index in [1.807, 2.05) is 0 Å². The molecule has 2 aromatic carbocycles. The monoisotopic (exact) mass is 312 g/mol. The quantitative estimate of drug-likeness (QED) is 0.379. The lowest BCUT2D eigenvalue weighted by atomic mass is 10.1. The van der Waals surface area contributed by atoms with E-state index in [9.17, 15) is 19.7 Å². The zero-order valence-electron chi connectivity index (χ0n) is 11.8. The second kappa shape index (κ2) is 6.99. The van der Waals surface area contributed by atoms with Crippen LogP contribution in [-0.4, -0.2) is 22.4 Å². The molecule has 0 aromatic heterocycles. The number of aldehydes is 1. The van der Waals surface area contributed by atoms with Crippen molar-refractivity contribution in [1.82, 2.24) is 0 Å². The molecule has 116 valence electrons. The van der Waals surface area contributed by atoms with Crippen molar-refractivity contribution in [2.75, 3.05) is 5.32 Å². The number of para-hydroxylation sites is 1. The van der Waals surface area contributed by atoms with E-state index >= 15 is 0 Å². The number of nitro benzene ring substituents is 1. The van der Waals surface area contributed by atoms with Crippen molar-refractivity contribution in [3.63, 3.8) is 0 Å². The van der Waals surface area contributed by atoms with Gasteiger partial charge in [0.1, 0.15) is 0 Å². The van der Waals surface area contributed by atoms with Gasteiger partial charge in [-0.25, -0.2) is 4.79 Å². The van der Waals surface area contributed by atoms with Crippen LogP contribution in [-0.2, 0) is 0 Å². The Morgan fingerprint density at radius 3 is 2.43 bits per heavy atom. The first-order valence-electron chi connectivity index (χ1n) is 6.52. The fourth-order valence-electron chi connectivity index (χ4n) is 1.98. The van der Waals surface area contributed by atoms with Crippen molar-refractivity contribution in [3.8, 4) is 0 Å². The number of benzene rings is 2. The summed E-state index contributed by atoms with van der Waals surface area (Å²) in [7, 11) is 0. The molecule has 2 rings (SSSR count). The van der Waals surface area contributed by atoms with Crippen LogP contribution in [0.4, 0.5) is 16.2 Å². The summed E-state index contributed by atoms with van der Waals surface area (Å²) in [5, 5.41) is 21.8. The molecule has 7 nitrogen and oxygen atoms in total. The SMILES string of the molecule is O=Cc1cc([N+](=O)[O-])ccc1/C=C/c1ccccc1NC(=O)O. The van der Waals surface area contributed by atoms with Gasteiger partial charge >= 0.3 is 6.09 Å². The number of non-ortho nitro benzene ring substituents is 1. The number of nitro groups is 1. The van der Waals surface area contributed by atoms with Gasteiger partial charge in [0.15, 0.2) is 6.29 Å². The standard InChI is InChI=1S/C16H12N2O5/c19-10-13-9-14(18(22)23)8-7-11(13)5-6-12-3-1-2-4-15(12)17-16(20)21/h1-10,17H,(H,20,21)/b6-5+. The van der Waals surface area contributed by atoms with Crippen LogP contribution in [0.15, 0.2) is 42.5 Å². The van der Waals surface area contributed by atoms with Crippen LogP contribution in [0.5, 0.6) is 0 Å². The maximum atomic E-state index is 11.1. The molecule has 23 heavy (non-hydrogen) atoms. The molecule has 0 heterocycles. The number of nitrogens with one attached hydrogen (secondary N) is 1. The molecule has 1 amide bonds. The van der Waals surface area contributed by atoms with E-state index in [0.29, 0.717) is 23.1 Å². The second-order valence-electron chi connectivity index (χ2n) is 4.54. The summed E-state index contributed by atoms with van der Waals surface area (Å²) in [4.78, 5) is 32.0. The van der Waals surface area contributed by atoms with E-state index in [2.05, 4.69) is 5.32 Å². The molecule has 0 fully saturated rings. The Morgan fingerprint density at radius 1 is 1.09 bits per heavy atom. The highest BCUT2D eigenvalue weighted by atomic mass is 16.6. The molecule has 0 spiro atoms. The average Bonchev–Trinajstić information content (AvgIpc) is 2.53. The zero-order valence-corrected chi connectivity index (χ0v) is 11.8. The predicted octanol–water partition coefficient (Wildman–Crippen LogP) is 3.67. The zero-order chi connectivity index (χ0) is 16.8. The number of carbonyl (C=O) groups excluding carboxylic acids is 1. The van der Waals surface area contributed by atoms with Crippen molar-refractivity contribution < 1.29 is 19.6 Å². The molecule has 0 bridgehead atoms. The summed E-state index contributed by atoms with van der Waals surface area (Å²) in [6, 6.07) is 10.7. The molecule has 0 atom stereocenters. The number of nitrogens with zero attached hydrogens (tertiary/aromatic N) is 1. The van der Waals surface area contributed by atoms with Crippen molar-refractivity contribution in [1.29, 1.82) is 0 Å². The third kappa shape index (κ3) is 4.01. The van der Waals surface area contributed by atoms with Gasteiger partial charge in [-0.1, -0.05) is 30.4 Å². The summed E-state index contributed by atoms with van der Waals surface area (Å²) >= 11 is 0. The van der Waals surface area contributed by atoms with E-state index < -0.39 is 11.0 Å². The summed E-state index contributed by atoms with van der Waals surface area (Å²) in [6.45, 7) is 0. The molecule has 0 saturated heterocycles. The van der Waals surface area contributed by atoms with E-state index in [-0.39, 0.29) is 11.3 Å². The molecule has 2 aromatic rings. The smallest absolute Gasteiger partial charge is 0.409 e. The van der Waals surface area contributed by atoms with Crippen LogP contribution in [0, 0.1) is 10.1 Å². The van der Waals surface area contributed by atoms with Crippen LogP contribution >= 0.6 is 0 Å². The molecule has 0 aliphatic carbocycles. The third-order valence-corrected chi connectivity index (χ3v) is 3.05. The lowest BCUT2D eigenvalue weighted by Gasteiger charge is -2.05. The number of hydrogen-bond donors (Lipinski definition) is 2. The van der Waals surface area contributed by atoms with E-state index in [4.69, 9.17) is 5.11 Å². The minimum Gasteiger partial charge on any atom is -0.465 e. The van der Waals surface area contributed by atoms with Gasteiger partial charge in [0.25, 0.3) is 5.69 Å². The van der Waals surface area contributed by atoms with Gasteiger partial charge in [0, 0.05) is 17.7 Å². The maximum Gasteiger partial charge on any atom is 0.409 e. The van der Waals surface area contributed by atoms with Crippen molar-refractivity contribution >= 4 is 35.9 Å². The number of carboxylic acid groups (broad SMARTS) is 1. The second-order valence-corrected chi connectivity index (χ2v) is 4.54. The van der Waals surface area contributed by atoms with E-state index in [1.54, 1.807) is 36.4 Å². The Balaban J connectivity index is 2.35. The highest BCUT2D eigenvalue weighted by Crippen LogP contribution is 2.21. The molecule has 0 saturated carbocycles. The fraction of sp³-hybridized carbons (Fsp3) is 0. The van der Waals surface area contributed by atoms with Gasteiger partial charge in [0.05, 0.1) is 10.6 Å². The van der Waals surface area contributed by atoms with E-state index in [0.717, 1.165) is 0 Å². The summed E-state index contributed by atoms with van der Waals surface area (Å²) < 4.78 is 0. The highest BCUT2D eigenvalue weighted by molar-refractivity contribution is 5.90. The van der Waals surface area contributed by atoms with Gasteiger partial charge in [-0.2, -0.15) is 0 Å². The lowest BCUT2D eigenvalue weighted by molar-refractivity contribution is -0.384. The molecule has 0 radical (unpaired) electrons. The first kappa shape index (κ1) is 15.9. The Morgan fingerprint density at radius 2 is 1.78 bits per heavy atom. The molecule has 0 aliphatic heterocycles. The first-order chi connectivity index (χ1) is 11.0. The lowest BCUT2D eigenvalue weighted by Crippen LogP contribution is -2.08. The molecular formula is C16H12N2O5. The van der Waals surface area contributed by atoms with Crippen LogP contribution in [0.3, 0.4) is 0 Å². The Hall–Kier alpha value is -3.48. The summed E-state index contributed by atoms with van der Waals surface area (Å²) in [6.07, 6.45) is 2.57. The van der Waals surface area contributed by atoms with Gasteiger partial charge in [-0.3, -0.25) is 20.2 Å². The van der Waals surface area contributed by atoms with Crippen LogP contribution in [0.25, 0.3) is 12.2 Å². The van der Waals surface area contributed by atoms with Gasteiger partial charge in [-0.05, 0) is 23.3 Å². The normalized spacial score (nSPS) is 10.4. The summed E-state index contributed by atoms with van der Waals surface area (Å²) in [5.41, 5.74) is 1.50. The molecule has 2 N–H and O–H groups in total. The van der Waals surface area contributed by atoms with Gasteiger partial charge < -0.3 is 5.11 Å². The average molecular weight is 312 g/mol. The number of hydrogen-bond acceptors (Lipinski definition) is 4. The fourth-order valence-corrected chi connectivity index (χ4v) is 1.98. The Bertz CT molecular complexity index is 799. The number of anilines is 1. The molecule has 7 heteroatoms. The largest absolute Gasteiger partial charge is 0.465 e. The van der Waals surface area contributed by atoms with Crippen molar-refractivity contribution in [3.05, 3.63) is 69.3 Å². The summed E-state index contributed by atoms with van der Waals surface area (Å²) in [5.74, 6) is 0. The number of carbonyl (C=O) groups is 2. The number of amides is 1. The minimum atomic E-state index is -1.19. The van der Waals surface area contributed by atoms with Crippen LogP contribution in [0.1, 0.15) is 21.5 Å². The maximum absolute atomic E-state index is 11.1. The molecule has 0 unspecified atom stereocenters. The van der Waals surface area contributed by atoms with E-state index in [1.165, 1.54) is 18.2 Å². The Kier molecular flexibility index (Phi) is 4.83. The molecule has 0 aliphatic rings. The Labute approximate surface area is 131 Å². The third-order valence-electron chi connectivity index (χ3n) is 3.05.